The van der Waals surface area contributed by atoms with E-state index in [9.17, 15) is 14.4 Å². The highest BCUT2D eigenvalue weighted by molar-refractivity contribution is 7.14. The Hall–Kier alpha value is -2.26. The summed E-state index contributed by atoms with van der Waals surface area (Å²) in [5.74, 6) is -1.78. The van der Waals surface area contributed by atoms with Crippen molar-refractivity contribution in [1.82, 2.24) is 4.98 Å². The number of aryl methyl sites for hydroxylation is 2. The largest absolute Gasteiger partial charge is 0.448 e. The van der Waals surface area contributed by atoms with E-state index in [1.165, 1.54) is 24.3 Å². The van der Waals surface area contributed by atoms with Gasteiger partial charge in [0.15, 0.2) is 6.10 Å². The Kier molecular flexibility index (Phi) is 5.12. The van der Waals surface area contributed by atoms with E-state index >= 15 is 0 Å². The number of amides is 2. The minimum atomic E-state index is -1.02. The molecule has 0 aliphatic rings. The summed E-state index contributed by atoms with van der Waals surface area (Å²) in [6, 6.07) is 1.52. The number of nitrogens with zero attached hydrogens (tertiary/aromatic N) is 1. The number of nitrogens with one attached hydrogen (secondary N) is 1. The topological polar surface area (TPSA) is 111 Å². The SMILES string of the molecule is Cc1nc(C)c(C(=O)OC(C)C(=O)Nc2sccc2C(N)=O)s1. The van der Waals surface area contributed by atoms with E-state index in [-0.39, 0.29) is 5.56 Å². The first kappa shape index (κ1) is 17.1. The van der Waals surface area contributed by atoms with Gasteiger partial charge in [0, 0.05) is 0 Å². The number of primary amides is 1. The Morgan fingerprint density at radius 2 is 2.04 bits per heavy atom. The maximum absolute atomic E-state index is 12.1. The Morgan fingerprint density at radius 1 is 1.35 bits per heavy atom. The molecule has 1 atom stereocenters. The first-order valence-corrected chi connectivity index (χ1v) is 8.32. The lowest BCUT2D eigenvalue weighted by Gasteiger charge is -2.12. The van der Waals surface area contributed by atoms with Crippen LogP contribution in [0.4, 0.5) is 5.00 Å². The Labute approximate surface area is 140 Å². The predicted octanol–water partition coefficient (Wildman–Crippen LogP) is 2.10. The number of esters is 1. The monoisotopic (exact) mass is 353 g/mol. The summed E-state index contributed by atoms with van der Waals surface area (Å²) in [5.41, 5.74) is 6.00. The Bertz CT molecular complexity index is 766. The van der Waals surface area contributed by atoms with Gasteiger partial charge in [-0.3, -0.25) is 9.59 Å². The van der Waals surface area contributed by atoms with Crippen LogP contribution < -0.4 is 11.1 Å². The normalized spacial score (nSPS) is 11.8. The molecule has 122 valence electrons. The van der Waals surface area contributed by atoms with Crippen LogP contribution in [0.3, 0.4) is 0 Å². The fraction of sp³-hybridized carbons (Fsp3) is 0.286. The molecule has 2 aromatic heterocycles. The first-order valence-electron chi connectivity index (χ1n) is 6.62. The van der Waals surface area contributed by atoms with Gasteiger partial charge in [-0.2, -0.15) is 0 Å². The molecule has 2 amide bonds. The maximum atomic E-state index is 12.1. The van der Waals surface area contributed by atoms with Crippen LogP contribution in [-0.2, 0) is 9.53 Å². The lowest BCUT2D eigenvalue weighted by atomic mass is 10.3. The van der Waals surface area contributed by atoms with Gasteiger partial charge in [0.25, 0.3) is 11.8 Å². The second-order valence-corrected chi connectivity index (χ2v) is 6.83. The van der Waals surface area contributed by atoms with Crippen LogP contribution in [-0.4, -0.2) is 28.9 Å². The number of anilines is 1. The van der Waals surface area contributed by atoms with Crippen molar-refractivity contribution in [2.45, 2.75) is 26.9 Å². The number of hydrogen-bond acceptors (Lipinski definition) is 7. The number of thiazole rings is 1. The minimum absolute atomic E-state index is 0.218. The van der Waals surface area contributed by atoms with Crippen LogP contribution in [0.25, 0.3) is 0 Å². The molecule has 7 nitrogen and oxygen atoms in total. The van der Waals surface area contributed by atoms with E-state index in [1.54, 1.807) is 19.2 Å². The van der Waals surface area contributed by atoms with Gasteiger partial charge in [0.05, 0.1) is 16.3 Å². The molecule has 2 rings (SSSR count). The molecule has 3 N–H and O–H groups in total. The molecule has 0 radical (unpaired) electrons. The third-order valence-electron chi connectivity index (χ3n) is 2.91. The van der Waals surface area contributed by atoms with Crippen LogP contribution >= 0.6 is 22.7 Å². The second kappa shape index (κ2) is 6.88. The van der Waals surface area contributed by atoms with Gasteiger partial charge in [-0.1, -0.05) is 0 Å². The van der Waals surface area contributed by atoms with Crippen molar-refractivity contribution >= 4 is 45.5 Å². The van der Waals surface area contributed by atoms with Gasteiger partial charge in [-0.15, -0.1) is 22.7 Å². The van der Waals surface area contributed by atoms with Gasteiger partial charge in [0.1, 0.15) is 9.88 Å². The smallest absolute Gasteiger partial charge is 0.351 e. The molecule has 0 spiro atoms. The van der Waals surface area contributed by atoms with Crippen molar-refractivity contribution in [3.8, 4) is 0 Å². The molecule has 0 aromatic carbocycles. The molecule has 0 saturated heterocycles. The molecule has 9 heteroatoms. The summed E-state index contributed by atoms with van der Waals surface area (Å²) in [5, 5.41) is 5.25. The number of hydrogen-bond donors (Lipinski definition) is 2. The maximum Gasteiger partial charge on any atom is 0.351 e. The van der Waals surface area contributed by atoms with Gasteiger partial charge >= 0.3 is 5.97 Å². The summed E-state index contributed by atoms with van der Waals surface area (Å²) in [6.45, 7) is 4.94. The molecule has 0 aliphatic heterocycles. The Balaban J connectivity index is 2.02. The lowest BCUT2D eigenvalue weighted by Crippen LogP contribution is -2.30. The van der Waals surface area contributed by atoms with Crippen LogP contribution in [0, 0.1) is 13.8 Å². The second-order valence-electron chi connectivity index (χ2n) is 4.71. The first-order chi connectivity index (χ1) is 10.8. The zero-order chi connectivity index (χ0) is 17.1. The zero-order valence-electron chi connectivity index (χ0n) is 12.7. The molecule has 1 unspecified atom stereocenters. The fourth-order valence-electron chi connectivity index (χ4n) is 1.80. The van der Waals surface area contributed by atoms with Crippen molar-refractivity contribution in [2.75, 3.05) is 5.32 Å². The summed E-state index contributed by atoms with van der Waals surface area (Å²) in [6.07, 6.45) is -1.02. The molecule has 0 aliphatic carbocycles. The van der Waals surface area contributed by atoms with Crippen LogP contribution in [0.2, 0.25) is 0 Å². The Morgan fingerprint density at radius 3 is 2.61 bits per heavy atom. The highest BCUT2D eigenvalue weighted by atomic mass is 32.1. The number of ether oxygens (including phenoxy) is 1. The zero-order valence-corrected chi connectivity index (χ0v) is 14.3. The molecular formula is C14H15N3O4S2. The molecule has 2 heterocycles. The van der Waals surface area contributed by atoms with E-state index < -0.39 is 23.9 Å². The van der Waals surface area contributed by atoms with E-state index in [2.05, 4.69) is 10.3 Å². The molecule has 2 aromatic rings. The van der Waals surface area contributed by atoms with Crippen LogP contribution in [0.15, 0.2) is 11.4 Å². The van der Waals surface area contributed by atoms with Gasteiger partial charge in [-0.05, 0) is 32.2 Å². The van der Waals surface area contributed by atoms with E-state index in [1.807, 2.05) is 0 Å². The average molecular weight is 353 g/mol. The number of aromatic nitrogens is 1. The van der Waals surface area contributed by atoms with Gasteiger partial charge < -0.3 is 15.8 Å². The van der Waals surface area contributed by atoms with Crippen LogP contribution in [0.5, 0.6) is 0 Å². The van der Waals surface area contributed by atoms with Crippen molar-refractivity contribution in [3.63, 3.8) is 0 Å². The number of nitrogens with two attached hydrogens (primary N) is 1. The van der Waals surface area contributed by atoms with E-state index in [4.69, 9.17) is 10.5 Å². The number of thiophene rings is 1. The standard InChI is InChI=1S/C14H15N3O4S2/c1-6-10(23-8(3)16-6)14(20)21-7(2)12(19)17-13-9(11(15)18)4-5-22-13/h4-5,7H,1-3H3,(H2,15,18)(H,17,19). The highest BCUT2D eigenvalue weighted by Crippen LogP contribution is 2.23. The number of carbonyl (C=O) groups is 3. The molecule has 23 heavy (non-hydrogen) atoms. The third kappa shape index (κ3) is 3.93. The number of rotatable bonds is 5. The third-order valence-corrected chi connectivity index (χ3v) is 4.79. The average Bonchev–Trinajstić information content (AvgIpc) is 3.04. The summed E-state index contributed by atoms with van der Waals surface area (Å²) < 4.78 is 5.15. The van der Waals surface area contributed by atoms with Gasteiger partial charge in [-0.25, -0.2) is 9.78 Å². The quantitative estimate of drug-likeness (QED) is 0.800. The van der Waals surface area contributed by atoms with E-state index in [0.717, 1.165) is 16.3 Å². The van der Waals surface area contributed by atoms with Gasteiger partial charge in [0.2, 0.25) is 0 Å². The predicted molar refractivity (Wildman–Crippen MR) is 87.9 cm³/mol. The van der Waals surface area contributed by atoms with Crippen molar-refractivity contribution in [2.24, 2.45) is 5.73 Å². The van der Waals surface area contributed by atoms with E-state index in [0.29, 0.717) is 15.6 Å². The molecular weight excluding hydrogens is 338 g/mol. The van der Waals surface area contributed by atoms with Crippen molar-refractivity contribution in [3.05, 3.63) is 32.6 Å². The minimum Gasteiger partial charge on any atom is -0.448 e. The lowest BCUT2D eigenvalue weighted by molar-refractivity contribution is -0.123. The summed E-state index contributed by atoms with van der Waals surface area (Å²) in [7, 11) is 0. The molecule has 0 fully saturated rings. The van der Waals surface area contributed by atoms with Crippen molar-refractivity contribution in [1.29, 1.82) is 0 Å². The van der Waals surface area contributed by atoms with Crippen molar-refractivity contribution < 1.29 is 19.1 Å². The van der Waals surface area contributed by atoms with Crippen LogP contribution in [0.1, 0.15) is 37.7 Å². The summed E-state index contributed by atoms with van der Waals surface area (Å²) in [4.78, 5) is 39.9. The fourth-order valence-corrected chi connectivity index (χ4v) is 3.40. The number of carbonyl (C=O) groups excluding carboxylic acids is 3. The molecule has 0 bridgehead atoms. The highest BCUT2D eigenvalue weighted by Gasteiger charge is 2.23. The molecule has 0 saturated carbocycles. The summed E-state index contributed by atoms with van der Waals surface area (Å²) >= 11 is 2.37.